The molecule has 0 unspecified atom stereocenters. The van der Waals surface area contributed by atoms with E-state index in [0.717, 1.165) is 45.8 Å². The van der Waals surface area contributed by atoms with Gasteiger partial charge in [-0.3, -0.25) is 4.57 Å². The molecule has 1 aliphatic rings. The van der Waals surface area contributed by atoms with E-state index in [-0.39, 0.29) is 0 Å². The van der Waals surface area contributed by atoms with E-state index in [1.807, 2.05) is 24.3 Å². The number of benzene rings is 9. The van der Waals surface area contributed by atoms with E-state index < -0.39 is 0 Å². The summed E-state index contributed by atoms with van der Waals surface area (Å²) in [6, 6.07) is 78.7. The van der Waals surface area contributed by atoms with Crippen LogP contribution in [0.1, 0.15) is 11.1 Å². The summed E-state index contributed by atoms with van der Waals surface area (Å²) in [5.41, 5.74) is 18.9. The maximum atomic E-state index is 5.33. The minimum absolute atomic E-state index is 0.693. The normalized spacial score (nSPS) is 12.1. The molecule has 4 heteroatoms. The topological polar surface area (TPSA) is 35.6 Å². The average Bonchev–Trinajstić information content (AvgIpc) is 4.02. The van der Waals surface area contributed by atoms with Crippen LogP contribution in [-0.2, 0) is 6.42 Å². The van der Waals surface area contributed by atoms with Gasteiger partial charge in [-0.05, 0) is 93.4 Å². The van der Waals surface area contributed by atoms with Crippen LogP contribution in [0, 0.1) is 0 Å². The lowest BCUT2D eigenvalue weighted by Crippen LogP contribution is -2.02. The molecule has 0 aliphatic heterocycles. The lowest BCUT2D eigenvalue weighted by Gasteiger charge is -2.16. The third kappa shape index (κ3) is 5.62. The lowest BCUT2D eigenvalue weighted by atomic mass is 9.94. The molecule has 0 atom stereocenters. The Hall–Kier alpha value is -8.34. The Morgan fingerprint density at radius 1 is 0.349 bits per heavy atom. The molecule has 13 rings (SSSR count). The molecule has 3 aromatic heterocycles. The van der Waals surface area contributed by atoms with Gasteiger partial charge in [0.25, 0.3) is 0 Å². The highest BCUT2D eigenvalue weighted by atomic mass is 15.1. The number of fused-ring (bicyclic) bond motifs is 10. The Kier molecular flexibility index (Phi) is 7.94. The summed E-state index contributed by atoms with van der Waals surface area (Å²) in [6.07, 6.45) is 0.901. The van der Waals surface area contributed by atoms with Crippen LogP contribution < -0.4 is 0 Å². The maximum absolute atomic E-state index is 5.33. The van der Waals surface area contributed by atoms with Crippen LogP contribution >= 0.6 is 0 Å². The molecule has 0 saturated heterocycles. The summed E-state index contributed by atoms with van der Waals surface area (Å²) in [6.45, 7) is 0. The first kappa shape index (κ1) is 35.4. The zero-order valence-corrected chi connectivity index (χ0v) is 34.3. The zero-order valence-electron chi connectivity index (χ0n) is 34.3. The van der Waals surface area contributed by atoms with Crippen LogP contribution in [0.3, 0.4) is 0 Å². The van der Waals surface area contributed by atoms with Gasteiger partial charge in [0, 0.05) is 44.4 Å². The molecule has 0 amide bonds. The molecule has 3 heterocycles. The molecule has 0 N–H and O–H groups in total. The van der Waals surface area contributed by atoms with Crippen molar-refractivity contribution in [1.29, 1.82) is 0 Å². The van der Waals surface area contributed by atoms with Gasteiger partial charge in [-0.25, -0.2) is 9.97 Å². The van der Waals surface area contributed by atoms with Crippen molar-refractivity contribution in [3.63, 3.8) is 0 Å². The van der Waals surface area contributed by atoms with Gasteiger partial charge in [0.1, 0.15) is 5.82 Å². The number of hydrogen-bond acceptors (Lipinski definition) is 2. The first-order valence-corrected chi connectivity index (χ1v) is 21.6. The van der Waals surface area contributed by atoms with Gasteiger partial charge in [0.2, 0.25) is 0 Å². The highest BCUT2D eigenvalue weighted by Gasteiger charge is 2.27. The second-order valence-corrected chi connectivity index (χ2v) is 16.5. The molecule has 0 fully saturated rings. The van der Waals surface area contributed by atoms with E-state index in [1.165, 1.54) is 77.1 Å². The van der Waals surface area contributed by atoms with Gasteiger partial charge < -0.3 is 4.57 Å². The van der Waals surface area contributed by atoms with E-state index in [2.05, 4.69) is 203 Å². The van der Waals surface area contributed by atoms with Gasteiger partial charge in [-0.15, -0.1) is 0 Å². The fraction of sp³-hybridized carbons (Fsp3) is 0.0169. The predicted octanol–water partition coefficient (Wildman–Crippen LogP) is 14.9. The standard InChI is InChI=1S/C59H38N4/c1-5-17-38(18-6-1)42-29-30-43-34-49-48(39-19-7-2-8-20-39)35-44(36-50(49)47(43)33-42)62-52-27-15-13-25-45(52)57-54(62)31-32-55-58(57)46-26-14-16-28-53(46)63(55)56-37-51(40-21-9-3-10-22-40)60-59(61-56)41-23-11-4-12-24-41/h1-33,35-37H,34H2. The molecule has 9 aromatic carbocycles. The van der Waals surface area contributed by atoms with Crippen LogP contribution in [-0.4, -0.2) is 19.1 Å². The molecule has 294 valence electrons. The molecular formula is C59H38N4. The number of aromatic nitrogens is 4. The first-order chi connectivity index (χ1) is 31.2. The SMILES string of the molecule is c1ccc(-c2ccc3c(c2)-c2cc(-n4c5ccccc5c5c6c7ccccc7n(-c7cc(-c8ccccc8)nc(-c8ccccc8)n7)c6ccc54)cc(-c4ccccc4)c2C3)cc1. The third-order valence-corrected chi connectivity index (χ3v) is 13.0. The minimum Gasteiger partial charge on any atom is -0.309 e. The fourth-order valence-corrected chi connectivity index (χ4v) is 10.1. The fourth-order valence-electron chi connectivity index (χ4n) is 10.1. The Bertz CT molecular complexity index is 3680. The van der Waals surface area contributed by atoms with Gasteiger partial charge in [0.05, 0.1) is 27.8 Å². The summed E-state index contributed by atoms with van der Waals surface area (Å²) in [5.74, 6) is 1.52. The zero-order chi connectivity index (χ0) is 41.4. The largest absolute Gasteiger partial charge is 0.309 e. The van der Waals surface area contributed by atoms with Crippen molar-refractivity contribution >= 4 is 43.6 Å². The summed E-state index contributed by atoms with van der Waals surface area (Å²) >= 11 is 0. The number of para-hydroxylation sites is 2. The van der Waals surface area contributed by atoms with E-state index in [4.69, 9.17) is 9.97 Å². The van der Waals surface area contributed by atoms with Crippen LogP contribution in [0.5, 0.6) is 0 Å². The highest BCUT2D eigenvalue weighted by molar-refractivity contribution is 6.29. The highest BCUT2D eigenvalue weighted by Crippen LogP contribution is 2.47. The first-order valence-electron chi connectivity index (χ1n) is 21.6. The van der Waals surface area contributed by atoms with Crippen molar-refractivity contribution in [2.45, 2.75) is 6.42 Å². The van der Waals surface area contributed by atoms with Crippen LogP contribution in [0.2, 0.25) is 0 Å². The third-order valence-electron chi connectivity index (χ3n) is 13.0. The van der Waals surface area contributed by atoms with Crippen molar-refractivity contribution in [2.24, 2.45) is 0 Å². The summed E-state index contributed by atoms with van der Waals surface area (Å²) in [4.78, 5) is 10.5. The van der Waals surface area contributed by atoms with Crippen molar-refractivity contribution < 1.29 is 0 Å². The number of hydrogen-bond donors (Lipinski definition) is 0. The molecule has 12 aromatic rings. The molecule has 4 nitrogen and oxygen atoms in total. The second-order valence-electron chi connectivity index (χ2n) is 16.5. The van der Waals surface area contributed by atoms with Gasteiger partial charge in [-0.2, -0.15) is 0 Å². The van der Waals surface area contributed by atoms with E-state index >= 15 is 0 Å². The minimum atomic E-state index is 0.693. The molecule has 0 saturated carbocycles. The van der Waals surface area contributed by atoms with Crippen molar-refractivity contribution in [1.82, 2.24) is 19.1 Å². The Labute approximate surface area is 364 Å². The summed E-state index contributed by atoms with van der Waals surface area (Å²) < 4.78 is 4.83. The predicted molar refractivity (Wildman–Crippen MR) is 261 cm³/mol. The molecule has 63 heavy (non-hydrogen) atoms. The van der Waals surface area contributed by atoms with Crippen LogP contribution in [0.15, 0.2) is 218 Å². The molecule has 1 aliphatic carbocycles. The monoisotopic (exact) mass is 802 g/mol. The van der Waals surface area contributed by atoms with Gasteiger partial charge >= 0.3 is 0 Å². The second kappa shape index (κ2) is 14.1. The Morgan fingerprint density at radius 2 is 0.889 bits per heavy atom. The number of nitrogens with zero attached hydrogens (tertiary/aromatic N) is 4. The van der Waals surface area contributed by atoms with Crippen LogP contribution in [0.25, 0.3) is 111 Å². The quantitative estimate of drug-likeness (QED) is 0.168. The number of rotatable bonds is 6. The van der Waals surface area contributed by atoms with E-state index in [1.54, 1.807) is 0 Å². The van der Waals surface area contributed by atoms with Crippen molar-refractivity contribution in [2.75, 3.05) is 0 Å². The summed E-state index contributed by atoms with van der Waals surface area (Å²) in [5, 5.41) is 4.84. The van der Waals surface area contributed by atoms with Gasteiger partial charge in [-0.1, -0.05) is 170 Å². The molecular weight excluding hydrogens is 765 g/mol. The summed E-state index contributed by atoms with van der Waals surface area (Å²) in [7, 11) is 0. The van der Waals surface area contributed by atoms with Gasteiger partial charge in [0.15, 0.2) is 5.82 Å². The van der Waals surface area contributed by atoms with E-state index in [9.17, 15) is 0 Å². The Morgan fingerprint density at radius 3 is 1.56 bits per heavy atom. The molecule has 0 radical (unpaired) electrons. The van der Waals surface area contributed by atoms with Crippen molar-refractivity contribution in [3.8, 4) is 67.5 Å². The van der Waals surface area contributed by atoms with Crippen molar-refractivity contribution in [3.05, 3.63) is 230 Å². The average molecular weight is 803 g/mol. The smallest absolute Gasteiger partial charge is 0.162 e. The van der Waals surface area contributed by atoms with Crippen LogP contribution in [0.4, 0.5) is 0 Å². The maximum Gasteiger partial charge on any atom is 0.162 e. The molecule has 0 bridgehead atoms. The Balaban J connectivity index is 1.08. The van der Waals surface area contributed by atoms with E-state index in [0.29, 0.717) is 5.82 Å². The lowest BCUT2D eigenvalue weighted by molar-refractivity contribution is 1.05. The molecule has 0 spiro atoms.